The molecule has 3 rings (SSSR count). The van der Waals surface area contributed by atoms with E-state index in [9.17, 15) is 4.79 Å². The molecule has 5 nitrogen and oxygen atoms in total. The van der Waals surface area contributed by atoms with Gasteiger partial charge in [-0.05, 0) is 29.9 Å². The number of carbonyl (C=O) groups excluding carboxylic acids is 1. The molecule has 0 fully saturated rings. The van der Waals surface area contributed by atoms with Crippen LogP contribution in [0.3, 0.4) is 0 Å². The molecule has 5 heteroatoms. The molecule has 20 heavy (non-hydrogen) atoms. The van der Waals surface area contributed by atoms with Gasteiger partial charge < -0.3 is 9.73 Å². The summed E-state index contributed by atoms with van der Waals surface area (Å²) in [6.07, 6.45) is 2.63. The topological polar surface area (TPSA) is 68.0 Å². The van der Waals surface area contributed by atoms with Gasteiger partial charge in [0.1, 0.15) is 0 Å². The Morgan fingerprint density at radius 3 is 3.05 bits per heavy atom. The standard InChI is InChI=1S/C15H17N3O2/c1-10-17-18-15(20-10)9-16-14(19)8-12-7-6-11-4-2-3-5-13(11)12/h2-5,12H,6-9H2,1H3,(H,16,19)/t12-/m1/s1. The molecule has 0 saturated heterocycles. The van der Waals surface area contributed by atoms with Crippen molar-refractivity contribution in [2.45, 2.75) is 38.6 Å². The van der Waals surface area contributed by atoms with Crippen molar-refractivity contribution in [3.8, 4) is 0 Å². The van der Waals surface area contributed by atoms with E-state index in [4.69, 9.17) is 4.42 Å². The molecule has 1 aliphatic rings. The number of benzene rings is 1. The van der Waals surface area contributed by atoms with Crippen LogP contribution in [-0.4, -0.2) is 16.1 Å². The molecule has 1 aromatic heterocycles. The van der Waals surface area contributed by atoms with Gasteiger partial charge in [0.15, 0.2) is 0 Å². The van der Waals surface area contributed by atoms with Gasteiger partial charge in [-0.1, -0.05) is 24.3 Å². The highest BCUT2D eigenvalue weighted by Gasteiger charge is 2.24. The van der Waals surface area contributed by atoms with E-state index in [1.54, 1.807) is 6.92 Å². The monoisotopic (exact) mass is 271 g/mol. The number of amides is 1. The van der Waals surface area contributed by atoms with Crippen LogP contribution in [0.1, 0.15) is 41.7 Å². The molecule has 0 spiro atoms. The summed E-state index contributed by atoms with van der Waals surface area (Å²) in [5.74, 6) is 1.32. The zero-order valence-electron chi connectivity index (χ0n) is 11.4. The fraction of sp³-hybridized carbons (Fsp3) is 0.400. The first-order valence-electron chi connectivity index (χ1n) is 6.86. The summed E-state index contributed by atoms with van der Waals surface area (Å²) in [7, 11) is 0. The highest BCUT2D eigenvalue weighted by Crippen LogP contribution is 2.34. The zero-order valence-corrected chi connectivity index (χ0v) is 11.4. The number of aromatic nitrogens is 2. The van der Waals surface area contributed by atoms with E-state index in [-0.39, 0.29) is 5.91 Å². The molecule has 1 atom stereocenters. The number of carbonyl (C=O) groups is 1. The van der Waals surface area contributed by atoms with E-state index in [2.05, 4.69) is 33.7 Å². The van der Waals surface area contributed by atoms with Crippen LogP contribution < -0.4 is 5.32 Å². The Morgan fingerprint density at radius 2 is 2.25 bits per heavy atom. The fourth-order valence-corrected chi connectivity index (χ4v) is 2.74. The second-order valence-corrected chi connectivity index (χ2v) is 5.13. The predicted molar refractivity (Wildman–Crippen MR) is 73.0 cm³/mol. The minimum atomic E-state index is 0.0301. The molecule has 2 aromatic rings. The Morgan fingerprint density at radius 1 is 1.40 bits per heavy atom. The summed E-state index contributed by atoms with van der Waals surface area (Å²) in [5, 5.41) is 10.4. The second kappa shape index (κ2) is 5.45. The van der Waals surface area contributed by atoms with Gasteiger partial charge in [0.05, 0.1) is 6.54 Å². The van der Waals surface area contributed by atoms with Crippen LogP contribution in [0.25, 0.3) is 0 Å². The van der Waals surface area contributed by atoms with Crippen molar-refractivity contribution in [1.29, 1.82) is 0 Å². The Labute approximate surface area is 117 Å². The maximum atomic E-state index is 12.0. The largest absolute Gasteiger partial charge is 0.424 e. The Kier molecular flexibility index (Phi) is 3.50. The van der Waals surface area contributed by atoms with Crippen LogP contribution in [0.15, 0.2) is 28.7 Å². The van der Waals surface area contributed by atoms with Gasteiger partial charge in [-0.15, -0.1) is 10.2 Å². The van der Waals surface area contributed by atoms with Crippen molar-refractivity contribution in [2.24, 2.45) is 0 Å². The quantitative estimate of drug-likeness (QED) is 0.924. The molecule has 1 aliphatic carbocycles. The van der Waals surface area contributed by atoms with Crippen molar-refractivity contribution in [2.75, 3.05) is 0 Å². The zero-order chi connectivity index (χ0) is 13.9. The Bertz CT molecular complexity index is 621. The third-order valence-corrected chi connectivity index (χ3v) is 3.69. The van der Waals surface area contributed by atoms with Gasteiger partial charge >= 0.3 is 0 Å². The maximum absolute atomic E-state index is 12.0. The molecule has 0 radical (unpaired) electrons. The molecule has 1 aromatic carbocycles. The highest BCUT2D eigenvalue weighted by atomic mass is 16.4. The lowest BCUT2D eigenvalue weighted by atomic mass is 9.97. The van der Waals surface area contributed by atoms with E-state index in [0.29, 0.717) is 30.7 Å². The average Bonchev–Trinajstić information content (AvgIpc) is 3.04. The van der Waals surface area contributed by atoms with E-state index >= 15 is 0 Å². The number of nitrogens with zero attached hydrogens (tertiary/aromatic N) is 2. The van der Waals surface area contributed by atoms with Crippen LogP contribution in [0.4, 0.5) is 0 Å². The lowest BCUT2D eigenvalue weighted by molar-refractivity contribution is -0.121. The SMILES string of the molecule is Cc1nnc(CNC(=O)C[C@H]2CCc3ccccc32)o1. The Balaban J connectivity index is 1.55. The molecule has 0 unspecified atom stereocenters. The van der Waals surface area contributed by atoms with Gasteiger partial charge in [0.2, 0.25) is 17.7 Å². The summed E-state index contributed by atoms with van der Waals surface area (Å²) < 4.78 is 5.22. The maximum Gasteiger partial charge on any atom is 0.235 e. The summed E-state index contributed by atoms with van der Waals surface area (Å²) in [5.41, 5.74) is 2.69. The molecular weight excluding hydrogens is 254 g/mol. The van der Waals surface area contributed by atoms with E-state index in [0.717, 1.165) is 12.8 Å². The van der Waals surface area contributed by atoms with Crippen LogP contribution in [0.2, 0.25) is 0 Å². The number of rotatable bonds is 4. The van der Waals surface area contributed by atoms with Gasteiger partial charge in [-0.25, -0.2) is 0 Å². The summed E-state index contributed by atoms with van der Waals surface area (Å²) in [6, 6.07) is 8.37. The minimum Gasteiger partial charge on any atom is -0.424 e. The summed E-state index contributed by atoms with van der Waals surface area (Å²) in [4.78, 5) is 12.0. The molecule has 0 bridgehead atoms. The van der Waals surface area contributed by atoms with Gasteiger partial charge in [-0.2, -0.15) is 0 Å². The lowest BCUT2D eigenvalue weighted by Crippen LogP contribution is -2.24. The van der Waals surface area contributed by atoms with Gasteiger partial charge in [0.25, 0.3) is 0 Å². The number of hydrogen-bond donors (Lipinski definition) is 1. The number of aryl methyl sites for hydroxylation is 2. The van der Waals surface area contributed by atoms with E-state index < -0.39 is 0 Å². The van der Waals surface area contributed by atoms with Crippen molar-refractivity contribution in [3.05, 3.63) is 47.2 Å². The fourth-order valence-electron chi connectivity index (χ4n) is 2.74. The second-order valence-electron chi connectivity index (χ2n) is 5.13. The number of fused-ring (bicyclic) bond motifs is 1. The third kappa shape index (κ3) is 2.71. The summed E-state index contributed by atoms with van der Waals surface area (Å²) >= 11 is 0. The van der Waals surface area contributed by atoms with E-state index in [1.807, 2.05) is 6.07 Å². The van der Waals surface area contributed by atoms with Crippen LogP contribution >= 0.6 is 0 Å². The molecular formula is C15H17N3O2. The lowest BCUT2D eigenvalue weighted by Gasteiger charge is -2.10. The first-order chi connectivity index (χ1) is 9.72. The number of hydrogen-bond acceptors (Lipinski definition) is 4. The number of nitrogens with one attached hydrogen (secondary N) is 1. The first-order valence-corrected chi connectivity index (χ1v) is 6.86. The molecule has 1 heterocycles. The predicted octanol–water partition coefficient (Wildman–Crippen LogP) is 2.11. The normalized spacial score (nSPS) is 16.9. The Hall–Kier alpha value is -2.17. The van der Waals surface area contributed by atoms with Crippen LogP contribution in [0.5, 0.6) is 0 Å². The van der Waals surface area contributed by atoms with E-state index in [1.165, 1.54) is 11.1 Å². The minimum absolute atomic E-state index is 0.0301. The van der Waals surface area contributed by atoms with Crippen LogP contribution in [-0.2, 0) is 17.8 Å². The molecule has 104 valence electrons. The van der Waals surface area contributed by atoms with Crippen molar-refractivity contribution >= 4 is 5.91 Å². The third-order valence-electron chi connectivity index (χ3n) is 3.69. The molecule has 0 aliphatic heterocycles. The van der Waals surface area contributed by atoms with Crippen molar-refractivity contribution < 1.29 is 9.21 Å². The van der Waals surface area contributed by atoms with Gasteiger partial charge in [-0.3, -0.25) is 4.79 Å². The van der Waals surface area contributed by atoms with Crippen molar-refractivity contribution in [3.63, 3.8) is 0 Å². The van der Waals surface area contributed by atoms with Gasteiger partial charge in [0, 0.05) is 13.3 Å². The molecule has 1 N–H and O–H groups in total. The first kappa shape index (κ1) is 12.8. The average molecular weight is 271 g/mol. The van der Waals surface area contributed by atoms with Crippen molar-refractivity contribution in [1.82, 2.24) is 15.5 Å². The smallest absolute Gasteiger partial charge is 0.235 e. The molecule has 0 saturated carbocycles. The summed E-state index contributed by atoms with van der Waals surface area (Å²) in [6.45, 7) is 2.03. The molecule has 1 amide bonds. The van der Waals surface area contributed by atoms with Crippen LogP contribution in [0, 0.1) is 6.92 Å². The highest BCUT2D eigenvalue weighted by molar-refractivity contribution is 5.77.